The molecule has 0 spiro atoms. The Labute approximate surface area is 112 Å². The first-order valence-electron chi connectivity index (χ1n) is 6.12. The summed E-state index contributed by atoms with van der Waals surface area (Å²) in [6.45, 7) is 3.92. The lowest BCUT2D eigenvalue weighted by atomic mass is 10.1. The Morgan fingerprint density at radius 1 is 1.11 bits per heavy atom. The molecule has 0 fully saturated rings. The normalized spacial score (nSPS) is 10.1. The van der Waals surface area contributed by atoms with E-state index in [1.807, 2.05) is 38.1 Å². The Kier molecular flexibility index (Phi) is 3.80. The van der Waals surface area contributed by atoms with Crippen LogP contribution in [0.5, 0.6) is 0 Å². The Hall–Kier alpha value is -2.36. The molecule has 0 saturated heterocycles. The first-order chi connectivity index (χ1) is 9.10. The number of nitrogens with zero attached hydrogens (tertiary/aromatic N) is 1. The lowest BCUT2D eigenvalue weighted by molar-refractivity contribution is 0.102. The van der Waals surface area contributed by atoms with Gasteiger partial charge in [-0.1, -0.05) is 17.7 Å². The topological polar surface area (TPSA) is 54.0 Å². The van der Waals surface area contributed by atoms with Crippen molar-refractivity contribution in [1.82, 2.24) is 4.98 Å². The van der Waals surface area contributed by atoms with Crippen LogP contribution in [0.4, 0.5) is 11.5 Å². The summed E-state index contributed by atoms with van der Waals surface area (Å²) in [4.78, 5) is 16.4. The Morgan fingerprint density at radius 3 is 2.47 bits per heavy atom. The summed E-state index contributed by atoms with van der Waals surface area (Å²) in [6, 6.07) is 9.43. The molecule has 0 aliphatic carbocycles. The molecule has 2 rings (SSSR count). The molecule has 0 bridgehead atoms. The van der Waals surface area contributed by atoms with Crippen molar-refractivity contribution < 1.29 is 4.79 Å². The fraction of sp³-hybridized carbons (Fsp3) is 0.200. The fourth-order valence-corrected chi connectivity index (χ4v) is 1.79. The molecule has 2 N–H and O–H groups in total. The second-order valence-electron chi connectivity index (χ2n) is 4.47. The van der Waals surface area contributed by atoms with Crippen molar-refractivity contribution in [3.8, 4) is 0 Å². The number of anilines is 2. The Bertz CT molecular complexity index is 591. The predicted octanol–water partition coefficient (Wildman–Crippen LogP) is 2.99. The smallest absolute Gasteiger partial charge is 0.258 e. The molecule has 0 saturated carbocycles. The van der Waals surface area contributed by atoms with Crippen LogP contribution in [-0.4, -0.2) is 17.9 Å². The van der Waals surface area contributed by atoms with Gasteiger partial charge < -0.3 is 10.6 Å². The Balaban J connectivity index is 2.24. The fourth-order valence-electron chi connectivity index (χ4n) is 1.79. The maximum Gasteiger partial charge on any atom is 0.258 e. The van der Waals surface area contributed by atoms with Crippen molar-refractivity contribution in [1.29, 1.82) is 0 Å². The van der Waals surface area contributed by atoms with E-state index >= 15 is 0 Å². The van der Waals surface area contributed by atoms with Crippen LogP contribution < -0.4 is 10.6 Å². The average molecular weight is 255 g/mol. The van der Waals surface area contributed by atoms with E-state index in [9.17, 15) is 4.79 Å². The van der Waals surface area contributed by atoms with Crippen molar-refractivity contribution in [2.45, 2.75) is 13.8 Å². The zero-order valence-electron chi connectivity index (χ0n) is 11.3. The minimum Gasteiger partial charge on any atom is -0.387 e. The van der Waals surface area contributed by atoms with E-state index < -0.39 is 0 Å². The van der Waals surface area contributed by atoms with Gasteiger partial charge in [0.25, 0.3) is 5.91 Å². The lowest BCUT2D eigenvalue weighted by Gasteiger charge is -2.10. The number of aryl methyl sites for hydroxylation is 2. The molecule has 0 aliphatic rings. The minimum absolute atomic E-state index is 0.163. The number of hydrogen-bond acceptors (Lipinski definition) is 3. The highest BCUT2D eigenvalue weighted by atomic mass is 16.1. The second-order valence-corrected chi connectivity index (χ2v) is 4.47. The highest BCUT2D eigenvalue weighted by Gasteiger charge is 2.11. The summed E-state index contributed by atoms with van der Waals surface area (Å²) in [5, 5.41) is 5.81. The van der Waals surface area contributed by atoms with Crippen LogP contribution in [0.1, 0.15) is 21.5 Å². The predicted molar refractivity (Wildman–Crippen MR) is 77.7 cm³/mol. The number of carbonyl (C=O) groups excluding carboxylic acids is 1. The SMILES string of the molecule is CNc1ccc(C)cc1C(=O)Nc1ccc(C)cn1. The summed E-state index contributed by atoms with van der Waals surface area (Å²) in [5.74, 6) is 0.392. The Morgan fingerprint density at radius 2 is 1.84 bits per heavy atom. The van der Waals surface area contributed by atoms with Crippen LogP contribution in [0, 0.1) is 13.8 Å². The maximum atomic E-state index is 12.2. The first kappa shape index (κ1) is 13.1. The summed E-state index contributed by atoms with van der Waals surface area (Å²) < 4.78 is 0. The molecule has 0 aliphatic heterocycles. The maximum absolute atomic E-state index is 12.2. The third-order valence-corrected chi connectivity index (χ3v) is 2.84. The lowest BCUT2D eigenvalue weighted by Crippen LogP contribution is -2.15. The van der Waals surface area contributed by atoms with Crippen molar-refractivity contribution in [3.63, 3.8) is 0 Å². The summed E-state index contributed by atoms with van der Waals surface area (Å²) in [5.41, 5.74) is 3.52. The van der Waals surface area contributed by atoms with Gasteiger partial charge in [0.2, 0.25) is 0 Å². The number of aromatic nitrogens is 1. The molecular weight excluding hydrogens is 238 g/mol. The third kappa shape index (κ3) is 3.10. The molecular formula is C15H17N3O. The molecule has 0 radical (unpaired) electrons. The molecule has 0 atom stereocenters. The van der Waals surface area contributed by atoms with Gasteiger partial charge in [0.05, 0.1) is 5.56 Å². The summed E-state index contributed by atoms with van der Waals surface area (Å²) in [7, 11) is 1.80. The molecule has 0 unspecified atom stereocenters. The standard InChI is InChI=1S/C15H17N3O/c1-10-4-6-13(16-3)12(8-10)15(19)18-14-7-5-11(2)9-17-14/h4-9,16H,1-3H3,(H,17,18,19). The van der Waals surface area contributed by atoms with Crippen LogP contribution >= 0.6 is 0 Å². The van der Waals surface area contributed by atoms with Gasteiger partial charge in [-0.2, -0.15) is 0 Å². The number of carbonyl (C=O) groups is 1. The number of pyridine rings is 1. The van der Waals surface area contributed by atoms with Gasteiger partial charge in [-0.3, -0.25) is 4.79 Å². The molecule has 1 aromatic carbocycles. The number of benzene rings is 1. The van der Waals surface area contributed by atoms with Gasteiger partial charge in [-0.25, -0.2) is 4.98 Å². The highest BCUT2D eigenvalue weighted by molar-refractivity contribution is 6.07. The van der Waals surface area contributed by atoms with E-state index in [1.54, 1.807) is 19.3 Å². The van der Waals surface area contributed by atoms with Crippen LogP contribution in [-0.2, 0) is 0 Å². The van der Waals surface area contributed by atoms with Crippen LogP contribution in [0.15, 0.2) is 36.5 Å². The zero-order valence-corrected chi connectivity index (χ0v) is 11.3. The molecule has 1 heterocycles. The summed E-state index contributed by atoms with van der Waals surface area (Å²) in [6.07, 6.45) is 1.73. The molecule has 1 amide bonds. The van der Waals surface area contributed by atoms with E-state index in [0.29, 0.717) is 11.4 Å². The number of hydrogen-bond donors (Lipinski definition) is 2. The van der Waals surface area contributed by atoms with Gasteiger partial charge in [-0.05, 0) is 37.6 Å². The largest absolute Gasteiger partial charge is 0.387 e. The molecule has 4 nitrogen and oxygen atoms in total. The minimum atomic E-state index is -0.163. The van der Waals surface area contributed by atoms with E-state index in [1.165, 1.54) is 0 Å². The molecule has 19 heavy (non-hydrogen) atoms. The van der Waals surface area contributed by atoms with Gasteiger partial charge >= 0.3 is 0 Å². The number of rotatable bonds is 3. The molecule has 2 aromatic rings. The van der Waals surface area contributed by atoms with E-state index in [-0.39, 0.29) is 5.91 Å². The highest BCUT2D eigenvalue weighted by Crippen LogP contribution is 2.18. The van der Waals surface area contributed by atoms with Gasteiger partial charge in [0, 0.05) is 18.9 Å². The average Bonchev–Trinajstić information content (AvgIpc) is 2.41. The zero-order chi connectivity index (χ0) is 13.8. The second kappa shape index (κ2) is 5.52. The molecule has 98 valence electrons. The number of amides is 1. The third-order valence-electron chi connectivity index (χ3n) is 2.84. The van der Waals surface area contributed by atoms with Crippen molar-refractivity contribution in [2.24, 2.45) is 0 Å². The monoisotopic (exact) mass is 255 g/mol. The van der Waals surface area contributed by atoms with Gasteiger partial charge in [0.15, 0.2) is 0 Å². The van der Waals surface area contributed by atoms with Crippen LogP contribution in [0.2, 0.25) is 0 Å². The van der Waals surface area contributed by atoms with Crippen molar-refractivity contribution in [2.75, 3.05) is 17.7 Å². The van der Waals surface area contributed by atoms with E-state index in [0.717, 1.165) is 16.8 Å². The van der Waals surface area contributed by atoms with Crippen molar-refractivity contribution in [3.05, 3.63) is 53.2 Å². The van der Waals surface area contributed by atoms with E-state index in [4.69, 9.17) is 0 Å². The van der Waals surface area contributed by atoms with Gasteiger partial charge in [-0.15, -0.1) is 0 Å². The molecule has 1 aromatic heterocycles. The van der Waals surface area contributed by atoms with Crippen LogP contribution in [0.25, 0.3) is 0 Å². The first-order valence-corrected chi connectivity index (χ1v) is 6.12. The quantitative estimate of drug-likeness (QED) is 0.886. The van der Waals surface area contributed by atoms with E-state index in [2.05, 4.69) is 15.6 Å². The van der Waals surface area contributed by atoms with Crippen molar-refractivity contribution >= 4 is 17.4 Å². The van der Waals surface area contributed by atoms with Gasteiger partial charge in [0.1, 0.15) is 5.82 Å². The van der Waals surface area contributed by atoms with Crippen LogP contribution in [0.3, 0.4) is 0 Å². The summed E-state index contributed by atoms with van der Waals surface area (Å²) >= 11 is 0. The number of nitrogens with one attached hydrogen (secondary N) is 2. The molecule has 4 heteroatoms.